The predicted molar refractivity (Wildman–Crippen MR) is 152 cm³/mol. The van der Waals surface area contributed by atoms with Crippen molar-refractivity contribution in [3.05, 3.63) is 24.3 Å². The first-order valence-corrected chi connectivity index (χ1v) is 15.0. The Kier molecular flexibility index (Phi) is 25.4. The average molecular weight is 522 g/mol. The summed E-state index contributed by atoms with van der Waals surface area (Å²) in [5.74, 6) is -1.36. The summed E-state index contributed by atoms with van der Waals surface area (Å²) in [6.07, 6.45) is 28.8. The number of carboxylic acids is 1. The van der Waals surface area contributed by atoms with Crippen LogP contribution in [0.3, 0.4) is 0 Å². The molecule has 1 atom stereocenters. The van der Waals surface area contributed by atoms with E-state index in [1.165, 1.54) is 51.4 Å². The van der Waals surface area contributed by atoms with Crippen molar-refractivity contribution in [2.45, 2.75) is 148 Å². The summed E-state index contributed by atoms with van der Waals surface area (Å²) < 4.78 is 5.79. The molecule has 6 heteroatoms. The molecule has 1 unspecified atom stereocenters. The van der Waals surface area contributed by atoms with Gasteiger partial charge in [0.2, 0.25) is 5.91 Å². The average Bonchev–Trinajstić information content (AvgIpc) is 2.87. The van der Waals surface area contributed by atoms with E-state index < -0.39 is 5.97 Å². The lowest BCUT2D eigenvalue weighted by atomic mass is 10.1. The van der Waals surface area contributed by atoms with Gasteiger partial charge in [0.1, 0.15) is 12.6 Å². The number of hydrogen-bond donors (Lipinski definition) is 2. The van der Waals surface area contributed by atoms with Crippen molar-refractivity contribution in [1.82, 2.24) is 5.32 Å². The van der Waals surface area contributed by atoms with Crippen LogP contribution in [-0.2, 0) is 19.1 Å². The van der Waals surface area contributed by atoms with Crippen LogP contribution in [0.15, 0.2) is 24.3 Å². The molecule has 0 aliphatic carbocycles. The Morgan fingerprint density at radius 1 is 0.730 bits per heavy atom. The van der Waals surface area contributed by atoms with Crippen molar-refractivity contribution in [1.29, 1.82) is 0 Å². The Morgan fingerprint density at radius 3 is 1.95 bits per heavy atom. The Morgan fingerprint density at radius 2 is 1.32 bits per heavy atom. The van der Waals surface area contributed by atoms with Crippen LogP contribution in [0, 0.1) is 0 Å². The van der Waals surface area contributed by atoms with Crippen molar-refractivity contribution in [2.24, 2.45) is 0 Å². The van der Waals surface area contributed by atoms with Crippen molar-refractivity contribution in [3.63, 3.8) is 0 Å². The summed E-state index contributed by atoms with van der Waals surface area (Å²) in [4.78, 5) is 34.5. The predicted octanol–water partition coefficient (Wildman–Crippen LogP) is 8.05. The van der Waals surface area contributed by atoms with E-state index in [9.17, 15) is 14.4 Å². The van der Waals surface area contributed by atoms with E-state index >= 15 is 0 Å². The van der Waals surface area contributed by atoms with Gasteiger partial charge in [0.05, 0.1) is 0 Å². The molecule has 0 heterocycles. The van der Waals surface area contributed by atoms with Crippen LogP contribution in [-0.4, -0.2) is 35.6 Å². The molecule has 0 spiro atoms. The summed E-state index contributed by atoms with van der Waals surface area (Å²) in [7, 11) is 0. The molecular formula is C31H55NO5. The number of hydrogen-bond acceptors (Lipinski definition) is 4. The fourth-order valence-electron chi connectivity index (χ4n) is 4.12. The SMILES string of the molecule is CCC/C=C\C/C=C\C(CCCCCCC(=O)NCC(=O)O)OC(=O)CCCCCCCCCCCC. The van der Waals surface area contributed by atoms with Gasteiger partial charge in [-0.05, 0) is 44.6 Å². The highest BCUT2D eigenvalue weighted by Crippen LogP contribution is 2.15. The monoisotopic (exact) mass is 521 g/mol. The van der Waals surface area contributed by atoms with E-state index in [1.54, 1.807) is 0 Å². The zero-order valence-electron chi connectivity index (χ0n) is 23.8. The second-order valence-corrected chi connectivity index (χ2v) is 10.0. The highest BCUT2D eigenvalue weighted by molar-refractivity contribution is 5.80. The molecule has 0 rings (SSSR count). The number of amides is 1. The third kappa shape index (κ3) is 26.8. The van der Waals surface area contributed by atoms with E-state index in [4.69, 9.17) is 9.84 Å². The molecule has 0 fully saturated rings. The Labute approximate surface area is 226 Å². The van der Waals surface area contributed by atoms with Crippen molar-refractivity contribution in [2.75, 3.05) is 6.54 Å². The molecule has 0 bridgehead atoms. The molecule has 0 radical (unpaired) electrons. The van der Waals surface area contributed by atoms with E-state index in [2.05, 4.69) is 37.4 Å². The normalized spacial score (nSPS) is 12.3. The number of carbonyl (C=O) groups excluding carboxylic acids is 2. The number of esters is 1. The van der Waals surface area contributed by atoms with Gasteiger partial charge in [0.15, 0.2) is 0 Å². The maximum absolute atomic E-state index is 12.4. The third-order valence-corrected chi connectivity index (χ3v) is 6.34. The number of nitrogens with one attached hydrogen (secondary N) is 1. The van der Waals surface area contributed by atoms with Crippen LogP contribution < -0.4 is 5.32 Å². The first kappa shape index (κ1) is 34.9. The van der Waals surface area contributed by atoms with Gasteiger partial charge >= 0.3 is 11.9 Å². The quantitative estimate of drug-likeness (QED) is 0.0682. The summed E-state index contributed by atoms with van der Waals surface area (Å²) in [5, 5.41) is 11.0. The van der Waals surface area contributed by atoms with Crippen LogP contribution in [0.2, 0.25) is 0 Å². The second-order valence-electron chi connectivity index (χ2n) is 10.0. The smallest absolute Gasteiger partial charge is 0.322 e. The number of carbonyl (C=O) groups is 3. The Bertz CT molecular complexity index is 629. The first-order chi connectivity index (χ1) is 18.0. The van der Waals surface area contributed by atoms with Crippen molar-refractivity contribution >= 4 is 17.8 Å². The Hall–Kier alpha value is -2.11. The Balaban J connectivity index is 4.19. The van der Waals surface area contributed by atoms with E-state index in [0.29, 0.717) is 12.8 Å². The second kappa shape index (κ2) is 26.9. The molecule has 37 heavy (non-hydrogen) atoms. The molecular weight excluding hydrogens is 466 g/mol. The van der Waals surface area contributed by atoms with Gasteiger partial charge in [-0.15, -0.1) is 0 Å². The molecule has 214 valence electrons. The zero-order chi connectivity index (χ0) is 27.4. The first-order valence-electron chi connectivity index (χ1n) is 15.0. The molecule has 0 aliphatic rings. The summed E-state index contributed by atoms with van der Waals surface area (Å²) >= 11 is 0. The van der Waals surface area contributed by atoms with Gasteiger partial charge in [0.25, 0.3) is 0 Å². The number of carboxylic acid groups (broad SMARTS) is 1. The van der Waals surface area contributed by atoms with E-state index in [0.717, 1.165) is 64.2 Å². The number of ether oxygens (including phenoxy) is 1. The zero-order valence-corrected chi connectivity index (χ0v) is 23.8. The van der Waals surface area contributed by atoms with Crippen molar-refractivity contribution in [3.8, 4) is 0 Å². The standard InChI is InChI=1S/C31H55NO5/c1-3-5-7-9-11-12-13-14-16-22-26-31(36)37-28(23-19-15-10-8-6-4-2)24-20-17-18-21-25-29(33)32-27-30(34)35/h8,10,19,23,28H,3-7,9,11-18,20-22,24-27H2,1-2H3,(H,32,33)(H,34,35)/b10-8-,23-19-. The highest BCUT2D eigenvalue weighted by Gasteiger charge is 2.11. The number of aliphatic carboxylic acids is 1. The van der Waals surface area contributed by atoms with Crippen LogP contribution >= 0.6 is 0 Å². The minimum atomic E-state index is -1.03. The van der Waals surface area contributed by atoms with Crippen molar-refractivity contribution < 1.29 is 24.2 Å². The minimum Gasteiger partial charge on any atom is -0.480 e. The van der Waals surface area contributed by atoms with E-state index in [1.807, 2.05) is 6.08 Å². The lowest BCUT2D eigenvalue weighted by Gasteiger charge is -2.14. The largest absolute Gasteiger partial charge is 0.480 e. The minimum absolute atomic E-state index is 0.106. The van der Waals surface area contributed by atoms with Crippen LogP contribution in [0.4, 0.5) is 0 Å². The number of allylic oxidation sites excluding steroid dienone is 3. The fourth-order valence-corrected chi connectivity index (χ4v) is 4.12. The van der Waals surface area contributed by atoms with Crippen LogP contribution in [0.1, 0.15) is 142 Å². The fraction of sp³-hybridized carbons (Fsp3) is 0.774. The molecule has 0 aromatic heterocycles. The number of rotatable bonds is 26. The van der Waals surface area contributed by atoms with Gasteiger partial charge in [0, 0.05) is 12.8 Å². The van der Waals surface area contributed by atoms with Gasteiger partial charge in [-0.1, -0.05) is 109 Å². The van der Waals surface area contributed by atoms with E-state index in [-0.39, 0.29) is 24.5 Å². The number of unbranched alkanes of at least 4 members (excludes halogenated alkanes) is 13. The third-order valence-electron chi connectivity index (χ3n) is 6.34. The maximum atomic E-state index is 12.4. The lowest BCUT2D eigenvalue weighted by Crippen LogP contribution is -2.28. The van der Waals surface area contributed by atoms with Crippen LogP contribution in [0.5, 0.6) is 0 Å². The summed E-state index contributed by atoms with van der Waals surface area (Å²) in [6.45, 7) is 4.08. The summed E-state index contributed by atoms with van der Waals surface area (Å²) in [5.41, 5.74) is 0. The molecule has 1 amide bonds. The molecule has 0 aliphatic heterocycles. The highest BCUT2D eigenvalue weighted by atomic mass is 16.5. The topological polar surface area (TPSA) is 92.7 Å². The van der Waals surface area contributed by atoms with Gasteiger partial charge in [-0.25, -0.2) is 0 Å². The summed E-state index contributed by atoms with van der Waals surface area (Å²) in [6, 6.07) is 0. The molecule has 0 saturated carbocycles. The molecule has 0 aromatic carbocycles. The molecule has 6 nitrogen and oxygen atoms in total. The molecule has 0 saturated heterocycles. The lowest BCUT2D eigenvalue weighted by molar-refractivity contribution is -0.147. The maximum Gasteiger partial charge on any atom is 0.322 e. The molecule has 0 aromatic rings. The van der Waals surface area contributed by atoms with Gasteiger partial charge in [-0.3, -0.25) is 14.4 Å². The van der Waals surface area contributed by atoms with Gasteiger partial charge < -0.3 is 15.2 Å². The molecule has 2 N–H and O–H groups in total. The van der Waals surface area contributed by atoms with Gasteiger partial charge in [-0.2, -0.15) is 0 Å². The van der Waals surface area contributed by atoms with Crippen LogP contribution in [0.25, 0.3) is 0 Å².